The summed E-state index contributed by atoms with van der Waals surface area (Å²) >= 11 is 0. The lowest BCUT2D eigenvalue weighted by Gasteiger charge is -2.31. The van der Waals surface area contributed by atoms with Gasteiger partial charge in [0.25, 0.3) is 0 Å². The molecule has 19 N–H and O–H groups in total. The lowest BCUT2D eigenvalue weighted by molar-refractivity contribution is -0.142. The van der Waals surface area contributed by atoms with Gasteiger partial charge in [0, 0.05) is 31.6 Å². The van der Waals surface area contributed by atoms with Crippen LogP contribution in [0.25, 0.3) is 0 Å². The third kappa shape index (κ3) is 29.3. The van der Waals surface area contributed by atoms with Crippen LogP contribution in [0.4, 0.5) is 0 Å². The fourth-order valence-corrected chi connectivity index (χ4v) is 9.17. The maximum absolute atomic E-state index is 14.6. The van der Waals surface area contributed by atoms with E-state index in [0.717, 1.165) is 0 Å². The highest BCUT2D eigenvalue weighted by Crippen LogP contribution is 2.19. The number of aliphatic carboxylic acids is 4. The molecule has 31 nitrogen and oxygen atoms in total. The van der Waals surface area contributed by atoms with Gasteiger partial charge in [0.1, 0.15) is 54.1 Å². The lowest BCUT2D eigenvalue weighted by atomic mass is 9.91. The normalized spacial score (nSPS) is 15.2. The number of hydrogen-bond acceptors (Lipinski definition) is 17. The van der Waals surface area contributed by atoms with Gasteiger partial charge in [0.05, 0.1) is 31.0 Å². The van der Waals surface area contributed by atoms with Crippen LogP contribution in [0, 0.1) is 23.7 Å². The summed E-state index contributed by atoms with van der Waals surface area (Å²) in [5.41, 5.74) is 12.0. The number of carbonyl (C=O) groups excluding carboxylic acids is 10. The number of phenols is 1. The summed E-state index contributed by atoms with van der Waals surface area (Å²) in [6, 6.07) is -1.04. The first kappa shape index (κ1) is 77.8. The first-order valence-electron chi connectivity index (χ1n) is 29.6. The Morgan fingerprint density at radius 1 is 0.429 bits per heavy atom. The Balaban J connectivity index is 2.42. The van der Waals surface area contributed by atoms with E-state index in [1.165, 1.54) is 38.1 Å². The van der Waals surface area contributed by atoms with Gasteiger partial charge in [-0.25, -0.2) is 0 Å². The summed E-state index contributed by atoms with van der Waals surface area (Å²) in [5.74, 6) is -17.8. The number of aliphatic hydroxyl groups excluding tert-OH is 1. The number of hydrogen-bond donors (Lipinski definition) is 17. The standard InChI is InChI=1S/C60H89N11O20/c1-29(2)22-39(65-59(90)44(28-49(80)81)69-57(88)41(23-30(3)4)67-54(85)37(61)18-20-46(74)75)45(73)24-32(7)52(83)71-50(31(5)6)60(91)70-43(25-34-12-10-9-11-13-34)58(89)68-42(26-35-14-16-36(72)17-15-35)56(87)63-33(8)53(84)64-38(19-21-47(76)77)55(86)66-40(51(62)82)27-48(78)79/h9-17,29-33,37-45,50,72-73H,18-28,61H2,1-8H3,(H2,62,82)(H,63,87)(H,64,84)(H,65,90)(H,66,86)(H,67,85)(H,68,89)(H,69,88)(H,70,91)(H,71,83)(H,74,75)(H,76,77)(H,78,79)(H,80,81)/t32-,33+,37+,38+,39+,40+,41+,42+,43+,44+,45+,50?/m1/s1. The van der Waals surface area contributed by atoms with Crippen LogP contribution in [-0.4, -0.2) is 180 Å². The van der Waals surface area contributed by atoms with Crippen molar-refractivity contribution in [1.29, 1.82) is 0 Å². The number of amides is 10. The largest absolute Gasteiger partial charge is 0.508 e. The van der Waals surface area contributed by atoms with Crippen molar-refractivity contribution in [1.82, 2.24) is 47.9 Å². The summed E-state index contributed by atoms with van der Waals surface area (Å²) in [5, 5.41) is 81.2. The summed E-state index contributed by atoms with van der Waals surface area (Å²) in [6.45, 7) is 12.8. The average molecular weight is 1280 g/mol. The zero-order chi connectivity index (χ0) is 69.0. The van der Waals surface area contributed by atoms with Crippen LogP contribution in [0.2, 0.25) is 0 Å². The fourth-order valence-electron chi connectivity index (χ4n) is 9.17. The molecule has 0 bridgehead atoms. The van der Waals surface area contributed by atoms with Crippen LogP contribution in [0.15, 0.2) is 54.6 Å². The molecular formula is C60H89N11O20. The number of benzene rings is 2. The number of aliphatic hydroxyl groups is 1. The number of phenolic OH excluding ortho intramolecular Hbond substituents is 1. The second-order valence-electron chi connectivity index (χ2n) is 23.5. The van der Waals surface area contributed by atoms with Crippen molar-refractivity contribution in [2.24, 2.45) is 35.1 Å². The molecule has 2 aromatic rings. The van der Waals surface area contributed by atoms with Gasteiger partial charge in [0.2, 0.25) is 59.1 Å². The van der Waals surface area contributed by atoms with Crippen molar-refractivity contribution in [2.75, 3.05) is 0 Å². The molecule has 0 aliphatic carbocycles. The van der Waals surface area contributed by atoms with Gasteiger partial charge in [0.15, 0.2) is 0 Å². The van der Waals surface area contributed by atoms with Gasteiger partial charge in [-0.05, 0) is 80.0 Å². The molecule has 0 saturated heterocycles. The van der Waals surface area contributed by atoms with Crippen molar-refractivity contribution in [3.63, 3.8) is 0 Å². The Hall–Kier alpha value is -9.26. The maximum atomic E-state index is 14.6. The van der Waals surface area contributed by atoms with E-state index in [4.69, 9.17) is 16.6 Å². The highest BCUT2D eigenvalue weighted by molar-refractivity contribution is 5.98. The molecule has 2 rings (SSSR count). The molecule has 12 atom stereocenters. The molecule has 10 amide bonds. The minimum atomic E-state index is -1.75. The Morgan fingerprint density at radius 2 is 0.868 bits per heavy atom. The monoisotopic (exact) mass is 1280 g/mol. The van der Waals surface area contributed by atoms with E-state index >= 15 is 0 Å². The SMILES string of the molecule is CC(C)C[C@H](NC(=O)[C@@H](N)CCC(=O)O)C(=O)N[C@@H](CC(=O)O)C(=O)N[C@@H](CC(C)C)[C@@H](O)C[C@@H](C)C(=O)NC(C(=O)N[C@@H](Cc1ccccc1)C(=O)N[C@@H](Cc1ccc(O)cc1)C(=O)N[C@@H](C)C(=O)N[C@@H](CCC(=O)O)C(=O)N[C@@H](CC(=O)O)C(N)=O)C(C)C. The predicted octanol–water partition coefficient (Wildman–Crippen LogP) is -1.81. The summed E-state index contributed by atoms with van der Waals surface area (Å²) in [4.78, 5) is 182. The van der Waals surface area contributed by atoms with Crippen molar-refractivity contribution in [2.45, 2.75) is 193 Å². The molecule has 0 aliphatic heterocycles. The van der Waals surface area contributed by atoms with E-state index in [-0.39, 0.29) is 56.1 Å². The molecular weight excluding hydrogens is 1190 g/mol. The topological polar surface area (TPSA) is 521 Å². The van der Waals surface area contributed by atoms with E-state index in [9.17, 15) is 92.7 Å². The molecule has 0 aliphatic rings. The summed E-state index contributed by atoms with van der Waals surface area (Å²) < 4.78 is 0. The van der Waals surface area contributed by atoms with Gasteiger partial charge in [-0.15, -0.1) is 0 Å². The highest BCUT2D eigenvalue weighted by Gasteiger charge is 2.37. The fraction of sp³-hybridized carbons (Fsp3) is 0.567. The quantitative estimate of drug-likeness (QED) is 0.0349. The number of primary amides is 1. The average Bonchev–Trinajstić information content (AvgIpc) is 2.05. The van der Waals surface area contributed by atoms with Crippen molar-refractivity contribution in [3.8, 4) is 5.75 Å². The Morgan fingerprint density at radius 3 is 1.38 bits per heavy atom. The number of nitrogens with two attached hydrogens (primary N) is 2. The van der Waals surface area contributed by atoms with Crippen molar-refractivity contribution >= 4 is 82.9 Å². The number of rotatable bonds is 41. The predicted molar refractivity (Wildman–Crippen MR) is 324 cm³/mol. The number of carboxylic acids is 4. The van der Waals surface area contributed by atoms with E-state index < -0.39 is 193 Å². The van der Waals surface area contributed by atoms with E-state index in [2.05, 4.69) is 47.9 Å². The Kier molecular flexibility index (Phi) is 32.8. The van der Waals surface area contributed by atoms with E-state index in [0.29, 0.717) is 11.1 Å². The van der Waals surface area contributed by atoms with Crippen LogP contribution in [-0.2, 0) is 80.0 Å². The number of carbonyl (C=O) groups is 14. The summed E-state index contributed by atoms with van der Waals surface area (Å²) in [6.07, 6.45) is -6.01. The molecule has 0 radical (unpaired) electrons. The second kappa shape index (κ2) is 38.3. The van der Waals surface area contributed by atoms with Crippen LogP contribution < -0.4 is 59.3 Å². The van der Waals surface area contributed by atoms with Gasteiger partial charge >= 0.3 is 23.9 Å². The molecule has 0 fully saturated rings. The van der Waals surface area contributed by atoms with E-state index in [1.54, 1.807) is 71.9 Å². The molecule has 1 unspecified atom stereocenters. The Labute approximate surface area is 526 Å². The molecule has 31 heteroatoms. The summed E-state index contributed by atoms with van der Waals surface area (Å²) in [7, 11) is 0. The minimum Gasteiger partial charge on any atom is -0.508 e. The molecule has 0 heterocycles. The third-order valence-electron chi connectivity index (χ3n) is 14.2. The van der Waals surface area contributed by atoms with Crippen molar-refractivity contribution < 1.29 is 97.8 Å². The zero-order valence-corrected chi connectivity index (χ0v) is 52.2. The number of nitrogens with one attached hydrogen (secondary N) is 9. The smallest absolute Gasteiger partial charge is 0.305 e. The van der Waals surface area contributed by atoms with Gasteiger partial charge in [-0.2, -0.15) is 0 Å². The van der Waals surface area contributed by atoms with Crippen LogP contribution >= 0.6 is 0 Å². The second-order valence-corrected chi connectivity index (χ2v) is 23.5. The lowest BCUT2D eigenvalue weighted by Crippen LogP contribution is -2.60. The van der Waals surface area contributed by atoms with Crippen LogP contribution in [0.3, 0.4) is 0 Å². The molecule has 0 spiro atoms. The number of aromatic hydroxyl groups is 1. The molecule has 504 valence electrons. The van der Waals surface area contributed by atoms with Gasteiger partial charge in [-0.1, -0.05) is 90.9 Å². The first-order chi connectivity index (χ1) is 42.5. The highest BCUT2D eigenvalue weighted by atomic mass is 16.4. The number of carboxylic acid groups (broad SMARTS) is 4. The molecule has 0 aromatic heterocycles. The van der Waals surface area contributed by atoms with Crippen LogP contribution in [0.5, 0.6) is 5.75 Å². The van der Waals surface area contributed by atoms with Crippen LogP contribution in [0.1, 0.15) is 124 Å². The van der Waals surface area contributed by atoms with Gasteiger partial charge in [-0.3, -0.25) is 67.1 Å². The Bertz CT molecular complexity index is 2860. The third-order valence-corrected chi connectivity index (χ3v) is 14.2. The first-order valence-corrected chi connectivity index (χ1v) is 29.6. The zero-order valence-electron chi connectivity index (χ0n) is 52.2. The molecule has 0 saturated carbocycles. The molecule has 91 heavy (non-hydrogen) atoms. The van der Waals surface area contributed by atoms with Gasteiger partial charge < -0.3 is 90.0 Å². The maximum Gasteiger partial charge on any atom is 0.305 e. The van der Waals surface area contributed by atoms with E-state index in [1.807, 2.05) is 0 Å². The minimum absolute atomic E-state index is 0.0122. The van der Waals surface area contributed by atoms with Crippen molar-refractivity contribution in [3.05, 3.63) is 65.7 Å². The molecule has 2 aromatic carbocycles.